The van der Waals surface area contributed by atoms with Crippen LogP contribution in [0.3, 0.4) is 0 Å². The first kappa shape index (κ1) is 10.4. The van der Waals surface area contributed by atoms with Crippen LogP contribution in [0.15, 0.2) is 193 Å². The largest absolute Gasteiger partial charge is 0.0636 e. The third-order valence-electron chi connectivity index (χ3n) is 7.31. The Bertz CT molecular complexity index is 4330. The van der Waals surface area contributed by atoms with Crippen LogP contribution < -0.4 is 0 Å². The Morgan fingerprint density at radius 2 is 0.688 bits per heavy atom. The molecule has 0 amide bonds. The average molecular weight is 641 g/mol. The van der Waals surface area contributed by atoms with Gasteiger partial charge in [-0.05, 0) is 100 Å². The highest BCUT2D eigenvalue weighted by molar-refractivity contribution is 6.24. The second-order valence-electron chi connectivity index (χ2n) is 10.0. The average Bonchev–Trinajstić information content (AvgIpc) is 3.54. The molecule has 0 atom stereocenters. The lowest BCUT2D eigenvalue weighted by Gasteiger charge is -2.20. The van der Waals surface area contributed by atoms with Gasteiger partial charge in [-0.1, -0.05) is 181 Å². The Morgan fingerprint density at radius 1 is 0.250 bits per heavy atom. The highest BCUT2D eigenvalue weighted by Crippen LogP contribution is 2.46. The molecule has 0 N–H and O–H groups in total. The lowest BCUT2D eigenvalue weighted by Crippen LogP contribution is -1.93. The molecule has 9 aromatic carbocycles. The second-order valence-corrected chi connectivity index (χ2v) is 10.0. The van der Waals surface area contributed by atoms with E-state index in [-0.39, 0.29) is 0 Å². The minimum atomic E-state index is -1.23. The second kappa shape index (κ2) is 11.8. The van der Waals surface area contributed by atoms with Crippen LogP contribution in [0.1, 0.15) is 43.9 Å². The van der Waals surface area contributed by atoms with E-state index in [4.69, 9.17) is 27.4 Å². The minimum absolute atomic E-state index is 0.716. The Balaban J connectivity index is 1.63. The van der Waals surface area contributed by atoms with E-state index in [2.05, 4.69) is 0 Å². The van der Waals surface area contributed by atoms with Gasteiger partial charge in [0.2, 0.25) is 0 Å². The fourth-order valence-corrected chi connectivity index (χ4v) is 5.25. The van der Waals surface area contributed by atoms with Crippen LogP contribution in [0, 0.1) is 0 Å². The van der Waals surface area contributed by atoms with Gasteiger partial charge in [0.15, 0.2) is 0 Å². The summed E-state index contributed by atoms with van der Waals surface area (Å²) in [6, 6.07) is -33.7. The number of rotatable bonds is 5. The quantitative estimate of drug-likeness (QED) is 0.164. The summed E-state index contributed by atoms with van der Waals surface area (Å²) in [5, 5.41) is -5.09. The summed E-state index contributed by atoms with van der Waals surface area (Å²) in [6.45, 7) is 0. The Morgan fingerprint density at radius 3 is 1.42 bits per heavy atom. The zero-order valence-electron chi connectivity index (χ0n) is 56.0. The molecule has 0 aliphatic rings. The van der Waals surface area contributed by atoms with Gasteiger partial charge in [-0.3, -0.25) is 0 Å². The van der Waals surface area contributed by atoms with Crippen molar-refractivity contribution in [2.45, 2.75) is 0 Å². The van der Waals surface area contributed by atoms with Crippen molar-refractivity contribution in [1.82, 2.24) is 0 Å². The third kappa shape index (κ3) is 4.87. The predicted molar refractivity (Wildman–Crippen MR) is 206 cm³/mol. The smallest absolute Gasteiger partial charge is 0.0622 e. The molecule has 0 heteroatoms. The first-order valence-electron chi connectivity index (χ1n) is 30.0. The van der Waals surface area contributed by atoms with Crippen LogP contribution >= 0.6 is 0 Å². The van der Waals surface area contributed by atoms with E-state index in [1.165, 1.54) is 0 Å². The molecule has 0 heterocycles. The van der Waals surface area contributed by atoms with Gasteiger partial charge in [0.1, 0.15) is 0 Å². The van der Waals surface area contributed by atoms with Crippen LogP contribution in [-0.2, 0) is 0 Å². The monoisotopic (exact) mass is 640 g/mol. The molecule has 0 nitrogen and oxygen atoms in total. The van der Waals surface area contributed by atoms with Crippen LogP contribution in [0.25, 0.3) is 88.0 Å². The normalized spacial score (nSPS) is 20.7. The summed E-state index contributed by atoms with van der Waals surface area (Å²) in [5.41, 5.74) is -9.15. The van der Waals surface area contributed by atoms with Gasteiger partial charge in [0.05, 0.1) is 43.9 Å². The van der Waals surface area contributed by atoms with Crippen molar-refractivity contribution in [3.63, 3.8) is 0 Å². The standard InChI is InChI=1S/C48H32/c1-3-13-33(14-4-1)35-25-27-36(28-26-35)38-19-11-20-40(31-38)47-43-22-9-10-23-44(43)48(42-24-12-18-37-17-7-8-21-41(37)42)45-30-29-39(32-46(45)47)34-15-5-2-6-16-34/h1-32H/i1D,2D,3D,4D,5D,6D,7D,8D,9D,10D,11D,12D,13D,14D,15D,16D,17D,18D,19D,20D,21D,22D,23D,24D,25D,26D,27D,28D,29D,30D,31D,32D. The molecule has 0 aromatic heterocycles. The highest BCUT2D eigenvalue weighted by Gasteiger charge is 2.19. The van der Waals surface area contributed by atoms with E-state index < -0.39 is 281 Å². The summed E-state index contributed by atoms with van der Waals surface area (Å²) < 4.78 is 288. The van der Waals surface area contributed by atoms with Gasteiger partial charge >= 0.3 is 0 Å². The molecule has 0 aliphatic carbocycles. The van der Waals surface area contributed by atoms with Crippen LogP contribution in [0.4, 0.5) is 0 Å². The summed E-state index contributed by atoms with van der Waals surface area (Å²) in [6.07, 6.45) is 0. The van der Waals surface area contributed by atoms with E-state index in [0.717, 1.165) is 0 Å². The predicted octanol–water partition coefficient (Wildman–Crippen LogP) is 13.5. The maximum Gasteiger partial charge on any atom is 0.0636 e. The van der Waals surface area contributed by atoms with Crippen molar-refractivity contribution in [1.29, 1.82) is 0 Å². The molecule has 0 radical (unpaired) electrons. The van der Waals surface area contributed by atoms with E-state index in [1.807, 2.05) is 0 Å². The van der Waals surface area contributed by atoms with Crippen LogP contribution in [-0.4, -0.2) is 0 Å². The maximum absolute atomic E-state index is 10.1. The summed E-state index contributed by atoms with van der Waals surface area (Å²) >= 11 is 0. The Kier molecular flexibility index (Phi) is 2.56. The molecule has 0 saturated carbocycles. The first-order valence-corrected chi connectivity index (χ1v) is 14.0. The molecule has 224 valence electrons. The van der Waals surface area contributed by atoms with Crippen molar-refractivity contribution in [3.05, 3.63) is 193 Å². The zero-order valence-corrected chi connectivity index (χ0v) is 24.0. The molecule has 48 heavy (non-hydrogen) atoms. The van der Waals surface area contributed by atoms with Gasteiger partial charge in [0, 0.05) is 0 Å². The molecule has 0 spiro atoms. The molecule has 9 rings (SSSR count). The first-order chi connectivity index (χ1) is 37.1. The van der Waals surface area contributed by atoms with E-state index >= 15 is 0 Å². The van der Waals surface area contributed by atoms with Crippen molar-refractivity contribution in [3.8, 4) is 55.6 Å². The molecule has 0 unspecified atom stereocenters. The molecule has 0 bridgehead atoms. The van der Waals surface area contributed by atoms with E-state index in [1.54, 1.807) is 0 Å². The molecular weight excluding hydrogens is 577 g/mol. The summed E-state index contributed by atoms with van der Waals surface area (Å²) in [4.78, 5) is 0. The Hall–Kier alpha value is -6.24. The molecule has 0 fully saturated rings. The molecule has 0 saturated heterocycles. The number of benzene rings is 9. The topological polar surface area (TPSA) is 0 Å². The van der Waals surface area contributed by atoms with Crippen molar-refractivity contribution in [2.75, 3.05) is 0 Å². The number of hydrogen-bond donors (Lipinski definition) is 0. The van der Waals surface area contributed by atoms with Crippen molar-refractivity contribution in [2.24, 2.45) is 0 Å². The number of fused-ring (bicyclic) bond motifs is 3. The lowest BCUT2D eigenvalue weighted by molar-refractivity contribution is 1.58. The molecule has 0 aliphatic heterocycles. The molecular formula is C48H32. The van der Waals surface area contributed by atoms with E-state index in [9.17, 15) is 16.4 Å². The van der Waals surface area contributed by atoms with Gasteiger partial charge < -0.3 is 0 Å². The van der Waals surface area contributed by atoms with Gasteiger partial charge in [0.25, 0.3) is 0 Å². The minimum Gasteiger partial charge on any atom is -0.0622 e. The van der Waals surface area contributed by atoms with Crippen molar-refractivity contribution < 1.29 is 43.9 Å². The van der Waals surface area contributed by atoms with Gasteiger partial charge in [-0.25, -0.2) is 0 Å². The van der Waals surface area contributed by atoms with Gasteiger partial charge in [-0.15, -0.1) is 0 Å². The van der Waals surface area contributed by atoms with Crippen LogP contribution in [0.5, 0.6) is 0 Å². The maximum atomic E-state index is 10.1. The highest BCUT2D eigenvalue weighted by atomic mass is 14.2. The SMILES string of the molecule is [2H]c1c([2H])c([2H])c(-c2c([2H])c([2H])c(-c3c([2H])c([2H])c([2H])c(-c4c5c([2H])c([2H])c([2H])c([2H])c5c(-c5c([2H])c([2H])c([2H])c6c([2H])c([2H])c([2H])c([2H])c56)c5c([2H])c([2H])c(-c6c([2H])c([2H])c([2H])c([2H])c6[2H])c([2H])c45)c3[2H])c([2H])c2[2H])c([2H])c1[2H]. The summed E-state index contributed by atoms with van der Waals surface area (Å²) in [5.74, 6) is 0. The van der Waals surface area contributed by atoms with Crippen molar-refractivity contribution >= 4 is 32.3 Å². The third-order valence-corrected chi connectivity index (χ3v) is 7.31. The fourth-order valence-electron chi connectivity index (χ4n) is 5.25. The lowest BCUT2D eigenvalue weighted by atomic mass is 9.83. The molecule has 9 aromatic rings. The van der Waals surface area contributed by atoms with Gasteiger partial charge in [-0.2, -0.15) is 0 Å². The fraction of sp³-hybridized carbons (Fsp3) is 0. The van der Waals surface area contributed by atoms with Crippen LogP contribution in [0.2, 0.25) is 0 Å². The summed E-state index contributed by atoms with van der Waals surface area (Å²) in [7, 11) is 0. The number of hydrogen-bond acceptors (Lipinski definition) is 0. The van der Waals surface area contributed by atoms with E-state index in [0.29, 0.717) is 0 Å². The zero-order chi connectivity index (χ0) is 59.7. The Labute approximate surface area is 326 Å².